The lowest BCUT2D eigenvalue weighted by Gasteiger charge is -2.32. The number of nitrogens with zero attached hydrogens (tertiary/aromatic N) is 2. The first-order valence-electron chi connectivity index (χ1n) is 8.21. The number of carbonyl (C=O) groups excluding carboxylic acids is 1. The molecule has 1 aliphatic rings. The Morgan fingerprint density at radius 1 is 1.42 bits per heavy atom. The standard InChI is InChI=1S/C17H23N3O3S/c1-12(20-5-7-22-8-6-20)10-18-16(21)9-14-11-24-17(19-14)15-4-3-13(2)23-15/h3-4,11-12H,5-10H2,1-2H3,(H,18,21)/t12-/m0/s1. The van der Waals surface area contributed by atoms with Crippen LogP contribution < -0.4 is 5.32 Å². The van der Waals surface area contributed by atoms with Crippen LogP contribution in [0.1, 0.15) is 18.4 Å². The quantitative estimate of drug-likeness (QED) is 0.865. The van der Waals surface area contributed by atoms with Crippen LogP contribution in [0.2, 0.25) is 0 Å². The molecule has 0 unspecified atom stereocenters. The topological polar surface area (TPSA) is 67.6 Å². The molecule has 3 rings (SSSR count). The predicted octanol–water partition coefficient (Wildman–Crippen LogP) is 2.09. The van der Waals surface area contributed by atoms with Crippen LogP contribution in [0, 0.1) is 6.92 Å². The van der Waals surface area contributed by atoms with Crippen LogP contribution in [-0.4, -0.2) is 54.7 Å². The van der Waals surface area contributed by atoms with Crippen molar-refractivity contribution < 1.29 is 13.9 Å². The molecule has 0 bridgehead atoms. The Hall–Kier alpha value is -1.70. The fourth-order valence-corrected chi connectivity index (χ4v) is 3.47. The highest BCUT2D eigenvalue weighted by Crippen LogP contribution is 2.25. The molecule has 2 aromatic heterocycles. The number of thiazole rings is 1. The van der Waals surface area contributed by atoms with Crippen molar-refractivity contribution >= 4 is 17.2 Å². The van der Waals surface area contributed by atoms with E-state index in [4.69, 9.17) is 9.15 Å². The fourth-order valence-electron chi connectivity index (χ4n) is 2.69. The summed E-state index contributed by atoms with van der Waals surface area (Å²) in [5.74, 6) is 1.62. The molecule has 1 N–H and O–H groups in total. The number of furan rings is 1. The molecule has 1 aliphatic heterocycles. The van der Waals surface area contributed by atoms with Crippen molar-refractivity contribution in [2.24, 2.45) is 0 Å². The first-order chi connectivity index (χ1) is 11.6. The molecule has 1 amide bonds. The summed E-state index contributed by atoms with van der Waals surface area (Å²) in [5, 5.41) is 5.73. The van der Waals surface area contributed by atoms with Crippen molar-refractivity contribution in [3.05, 3.63) is 29.0 Å². The lowest BCUT2D eigenvalue weighted by Crippen LogP contribution is -2.47. The number of aromatic nitrogens is 1. The van der Waals surface area contributed by atoms with Crippen molar-refractivity contribution in [3.8, 4) is 10.8 Å². The number of amides is 1. The lowest BCUT2D eigenvalue weighted by molar-refractivity contribution is -0.120. The van der Waals surface area contributed by atoms with Gasteiger partial charge in [-0.3, -0.25) is 9.69 Å². The maximum absolute atomic E-state index is 12.1. The second-order valence-electron chi connectivity index (χ2n) is 6.03. The van der Waals surface area contributed by atoms with E-state index < -0.39 is 0 Å². The largest absolute Gasteiger partial charge is 0.459 e. The monoisotopic (exact) mass is 349 g/mol. The van der Waals surface area contributed by atoms with Crippen LogP contribution in [0.3, 0.4) is 0 Å². The molecule has 2 aromatic rings. The molecule has 1 fully saturated rings. The smallest absolute Gasteiger partial charge is 0.226 e. The van der Waals surface area contributed by atoms with Gasteiger partial charge in [0.2, 0.25) is 5.91 Å². The normalized spacial score (nSPS) is 16.9. The Labute approximate surface area is 145 Å². The van der Waals surface area contributed by atoms with Gasteiger partial charge >= 0.3 is 0 Å². The van der Waals surface area contributed by atoms with E-state index >= 15 is 0 Å². The Balaban J connectivity index is 1.47. The van der Waals surface area contributed by atoms with Crippen molar-refractivity contribution in [1.29, 1.82) is 0 Å². The molecule has 130 valence electrons. The molecule has 0 saturated carbocycles. The highest BCUT2D eigenvalue weighted by molar-refractivity contribution is 7.13. The minimum atomic E-state index is 0.00239. The van der Waals surface area contributed by atoms with Crippen LogP contribution in [0.4, 0.5) is 0 Å². The Morgan fingerprint density at radius 2 is 2.21 bits per heavy atom. The summed E-state index contributed by atoms with van der Waals surface area (Å²) < 4.78 is 10.9. The number of rotatable bonds is 6. The van der Waals surface area contributed by atoms with Crippen LogP contribution in [0.15, 0.2) is 21.9 Å². The van der Waals surface area contributed by atoms with Gasteiger partial charge in [0.05, 0.1) is 25.3 Å². The van der Waals surface area contributed by atoms with Gasteiger partial charge in [0.15, 0.2) is 10.8 Å². The molecule has 6 nitrogen and oxygen atoms in total. The summed E-state index contributed by atoms with van der Waals surface area (Å²) in [6.07, 6.45) is 0.298. The third-order valence-corrected chi connectivity index (χ3v) is 5.01. The number of carbonyl (C=O) groups is 1. The minimum absolute atomic E-state index is 0.00239. The van der Waals surface area contributed by atoms with E-state index in [1.165, 1.54) is 11.3 Å². The number of ether oxygens (including phenoxy) is 1. The molecule has 0 aliphatic carbocycles. The number of nitrogens with one attached hydrogen (secondary N) is 1. The fraction of sp³-hybridized carbons (Fsp3) is 0.529. The van der Waals surface area contributed by atoms with E-state index in [0.29, 0.717) is 19.0 Å². The van der Waals surface area contributed by atoms with E-state index in [0.717, 1.165) is 48.5 Å². The summed E-state index contributed by atoms with van der Waals surface area (Å²) in [6.45, 7) is 8.07. The van der Waals surface area contributed by atoms with Gasteiger partial charge in [0.25, 0.3) is 0 Å². The van der Waals surface area contributed by atoms with Gasteiger partial charge in [0.1, 0.15) is 5.76 Å². The number of aryl methyl sites for hydroxylation is 1. The second kappa shape index (κ2) is 7.92. The Bertz CT molecular complexity index is 676. The molecule has 1 atom stereocenters. The Morgan fingerprint density at radius 3 is 2.92 bits per heavy atom. The van der Waals surface area contributed by atoms with Gasteiger partial charge in [-0.25, -0.2) is 4.98 Å². The molecular formula is C17H23N3O3S. The zero-order chi connectivity index (χ0) is 16.9. The average Bonchev–Trinajstić information content (AvgIpc) is 3.22. The van der Waals surface area contributed by atoms with Crippen molar-refractivity contribution in [1.82, 2.24) is 15.2 Å². The van der Waals surface area contributed by atoms with Gasteiger partial charge in [-0.2, -0.15) is 0 Å². The summed E-state index contributed by atoms with van der Waals surface area (Å²) in [7, 11) is 0. The molecule has 7 heteroatoms. The third-order valence-electron chi connectivity index (χ3n) is 4.11. The van der Waals surface area contributed by atoms with Crippen molar-refractivity contribution in [2.45, 2.75) is 26.3 Å². The summed E-state index contributed by atoms with van der Waals surface area (Å²) in [4.78, 5) is 19.0. The highest BCUT2D eigenvalue weighted by Gasteiger charge is 2.18. The number of hydrogen-bond donors (Lipinski definition) is 1. The summed E-state index contributed by atoms with van der Waals surface area (Å²) in [5.41, 5.74) is 0.778. The van der Waals surface area contributed by atoms with E-state index in [9.17, 15) is 4.79 Å². The van der Waals surface area contributed by atoms with Gasteiger partial charge in [-0.1, -0.05) is 0 Å². The van der Waals surface area contributed by atoms with Crippen LogP contribution in [0.25, 0.3) is 10.8 Å². The minimum Gasteiger partial charge on any atom is -0.459 e. The zero-order valence-corrected chi connectivity index (χ0v) is 14.9. The number of morpholine rings is 1. The van der Waals surface area contributed by atoms with Gasteiger partial charge in [-0.05, 0) is 26.0 Å². The maximum atomic E-state index is 12.1. The molecule has 24 heavy (non-hydrogen) atoms. The van der Waals surface area contributed by atoms with E-state index in [-0.39, 0.29) is 5.91 Å². The predicted molar refractivity (Wildman–Crippen MR) is 93.1 cm³/mol. The molecule has 1 saturated heterocycles. The average molecular weight is 349 g/mol. The van der Waals surface area contributed by atoms with Crippen LogP contribution in [-0.2, 0) is 16.0 Å². The third kappa shape index (κ3) is 4.43. The van der Waals surface area contributed by atoms with Gasteiger partial charge in [0, 0.05) is 31.1 Å². The van der Waals surface area contributed by atoms with Gasteiger partial charge < -0.3 is 14.5 Å². The van der Waals surface area contributed by atoms with Gasteiger partial charge in [-0.15, -0.1) is 11.3 Å². The van der Waals surface area contributed by atoms with E-state index in [1.807, 2.05) is 24.4 Å². The summed E-state index contributed by atoms with van der Waals surface area (Å²) >= 11 is 1.50. The Kier molecular flexibility index (Phi) is 5.65. The lowest BCUT2D eigenvalue weighted by atomic mass is 10.2. The van der Waals surface area contributed by atoms with Crippen LogP contribution in [0.5, 0.6) is 0 Å². The van der Waals surface area contributed by atoms with E-state index in [2.05, 4.69) is 22.1 Å². The molecule has 0 radical (unpaired) electrons. The SMILES string of the molecule is Cc1ccc(-c2nc(CC(=O)NC[C@H](C)N3CCOCC3)cs2)o1. The molecular weight excluding hydrogens is 326 g/mol. The molecule has 0 spiro atoms. The van der Waals surface area contributed by atoms with E-state index in [1.54, 1.807) is 0 Å². The van der Waals surface area contributed by atoms with Crippen molar-refractivity contribution in [2.75, 3.05) is 32.8 Å². The zero-order valence-electron chi connectivity index (χ0n) is 14.1. The first-order valence-corrected chi connectivity index (χ1v) is 9.09. The van der Waals surface area contributed by atoms with Crippen molar-refractivity contribution in [3.63, 3.8) is 0 Å². The highest BCUT2D eigenvalue weighted by atomic mass is 32.1. The second-order valence-corrected chi connectivity index (χ2v) is 6.89. The summed E-state index contributed by atoms with van der Waals surface area (Å²) in [6, 6.07) is 4.13. The molecule has 3 heterocycles. The number of hydrogen-bond acceptors (Lipinski definition) is 6. The van der Waals surface area contributed by atoms with Crippen LogP contribution >= 0.6 is 11.3 Å². The molecule has 0 aromatic carbocycles. The maximum Gasteiger partial charge on any atom is 0.226 e. The first kappa shape index (κ1) is 17.1.